The first-order chi connectivity index (χ1) is 9.28. The highest BCUT2D eigenvalue weighted by Crippen LogP contribution is 2.34. The summed E-state index contributed by atoms with van der Waals surface area (Å²) in [7, 11) is 0. The van der Waals surface area contributed by atoms with Gasteiger partial charge in [0.05, 0.1) is 23.6 Å². The molecule has 0 amide bonds. The number of ketones is 1. The summed E-state index contributed by atoms with van der Waals surface area (Å²) < 4.78 is 5.86. The van der Waals surface area contributed by atoms with Crippen molar-refractivity contribution in [3.8, 4) is 11.8 Å². The lowest BCUT2D eigenvalue weighted by Gasteiger charge is -2.25. The number of Topliss-reactive ketones (excluding diaryl/α,β-unsaturated/α-hetero) is 1. The summed E-state index contributed by atoms with van der Waals surface area (Å²) in [5.74, 6) is 0.695. The van der Waals surface area contributed by atoms with Gasteiger partial charge < -0.3 is 4.74 Å². The SMILES string of the molecule is N#Cc1cccc(C2CC(=O)c3ccccc3O2)c1. The third kappa shape index (κ3) is 2.09. The number of nitriles is 1. The molecule has 1 atom stereocenters. The quantitative estimate of drug-likeness (QED) is 0.779. The molecule has 0 fully saturated rings. The number of fused-ring (bicyclic) bond motifs is 1. The zero-order valence-corrected chi connectivity index (χ0v) is 10.2. The Balaban J connectivity index is 1.97. The number of ether oxygens (including phenoxy) is 1. The summed E-state index contributed by atoms with van der Waals surface area (Å²) in [6, 6.07) is 16.5. The van der Waals surface area contributed by atoms with Gasteiger partial charge in [-0.3, -0.25) is 4.79 Å². The van der Waals surface area contributed by atoms with E-state index in [1.807, 2.05) is 24.3 Å². The van der Waals surface area contributed by atoms with Crippen molar-refractivity contribution in [1.29, 1.82) is 5.26 Å². The molecule has 0 spiro atoms. The summed E-state index contributed by atoms with van der Waals surface area (Å²) in [6.45, 7) is 0. The van der Waals surface area contributed by atoms with Crippen molar-refractivity contribution in [3.63, 3.8) is 0 Å². The molecule has 2 aromatic carbocycles. The fraction of sp³-hybridized carbons (Fsp3) is 0.125. The first-order valence-corrected chi connectivity index (χ1v) is 6.07. The maximum absolute atomic E-state index is 12.1. The lowest BCUT2D eigenvalue weighted by atomic mass is 9.95. The van der Waals surface area contributed by atoms with Gasteiger partial charge in [-0.25, -0.2) is 0 Å². The topological polar surface area (TPSA) is 50.1 Å². The number of carbonyl (C=O) groups excluding carboxylic acids is 1. The Morgan fingerprint density at radius 3 is 2.84 bits per heavy atom. The number of para-hydroxylation sites is 1. The van der Waals surface area contributed by atoms with Gasteiger partial charge in [-0.2, -0.15) is 5.26 Å². The third-order valence-electron chi connectivity index (χ3n) is 3.21. The average molecular weight is 249 g/mol. The number of hydrogen-bond donors (Lipinski definition) is 0. The predicted octanol–water partition coefficient (Wildman–Crippen LogP) is 3.26. The molecule has 1 aliphatic rings. The van der Waals surface area contributed by atoms with Crippen LogP contribution in [-0.2, 0) is 0 Å². The van der Waals surface area contributed by atoms with Gasteiger partial charge in [-0.1, -0.05) is 24.3 Å². The van der Waals surface area contributed by atoms with E-state index in [0.29, 0.717) is 23.3 Å². The number of hydrogen-bond acceptors (Lipinski definition) is 3. The highest BCUT2D eigenvalue weighted by atomic mass is 16.5. The molecule has 92 valence electrons. The number of rotatable bonds is 1. The second kappa shape index (κ2) is 4.58. The van der Waals surface area contributed by atoms with Gasteiger partial charge in [-0.05, 0) is 29.8 Å². The third-order valence-corrected chi connectivity index (χ3v) is 3.21. The minimum absolute atomic E-state index is 0.0780. The van der Waals surface area contributed by atoms with Gasteiger partial charge >= 0.3 is 0 Å². The van der Waals surface area contributed by atoms with Crippen molar-refractivity contribution < 1.29 is 9.53 Å². The number of benzene rings is 2. The van der Waals surface area contributed by atoms with Crippen molar-refractivity contribution in [2.45, 2.75) is 12.5 Å². The fourth-order valence-electron chi connectivity index (χ4n) is 2.27. The van der Waals surface area contributed by atoms with E-state index >= 15 is 0 Å². The molecule has 1 unspecified atom stereocenters. The number of nitrogens with zero attached hydrogens (tertiary/aromatic N) is 1. The van der Waals surface area contributed by atoms with E-state index in [9.17, 15) is 4.79 Å². The first-order valence-electron chi connectivity index (χ1n) is 6.07. The molecule has 1 aliphatic heterocycles. The highest BCUT2D eigenvalue weighted by Gasteiger charge is 2.27. The van der Waals surface area contributed by atoms with Crippen LogP contribution in [0.25, 0.3) is 0 Å². The van der Waals surface area contributed by atoms with Crippen molar-refractivity contribution in [3.05, 3.63) is 65.2 Å². The zero-order valence-electron chi connectivity index (χ0n) is 10.2. The van der Waals surface area contributed by atoms with Crippen LogP contribution in [0.15, 0.2) is 48.5 Å². The van der Waals surface area contributed by atoms with E-state index in [4.69, 9.17) is 10.00 Å². The molecule has 0 N–H and O–H groups in total. The Labute approximate surface area is 111 Å². The monoisotopic (exact) mass is 249 g/mol. The van der Waals surface area contributed by atoms with Crippen LogP contribution < -0.4 is 4.74 Å². The molecule has 0 bridgehead atoms. The van der Waals surface area contributed by atoms with Crippen molar-refractivity contribution in [1.82, 2.24) is 0 Å². The van der Waals surface area contributed by atoms with Crippen LogP contribution in [0.1, 0.15) is 34.0 Å². The minimum Gasteiger partial charge on any atom is -0.484 e. The standard InChI is InChI=1S/C16H11NO2/c17-10-11-4-3-5-12(8-11)16-9-14(18)13-6-1-2-7-15(13)19-16/h1-8,16H,9H2. The molecular formula is C16H11NO2. The van der Waals surface area contributed by atoms with E-state index in [1.54, 1.807) is 24.3 Å². The average Bonchev–Trinajstić information content (AvgIpc) is 2.47. The molecule has 3 nitrogen and oxygen atoms in total. The molecular weight excluding hydrogens is 238 g/mol. The molecule has 3 rings (SSSR count). The van der Waals surface area contributed by atoms with Crippen LogP contribution in [0.4, 0.5) is 0 Å². The largest absolute Gasteiger partial charge is 0.484 e. The first kappa shape index (κ1) is 11.5. The molecule has 0 saturated carbocycles. The summed E-state index contributed by atoms with van der Waals surface area (Å²) >= 11 is 0. The fourth-order valence-corrected chi connectivity index (χ4v) is 2.27. The Bertz CT molecular complexity index is 685. The summed E-state index contributed by atoms with van der Waals surface area (Å²) in [6.07, 6.45) is 0.00187. The maximum Gasteiger partial charge on any atom is 0.170 e. The second-order valence-electron chi connectivity index (χ2n) is 4.47. The zero-order chi connectivity index (χ0) is 13.2. The van der Waals surface area contributed by atoms with Crippen LogP contribution >= 0.6 is 0 Å². The molecule has 2 aromatic rings. The summed E-state index contributed by atoms with van der Waals surface area (Å²) in [4.78, 5) is 12.1. The summed E-state index contributed by atoms with van der Waals surface area (Å²) in [5.41, 5.74) is 2.07. The Kier molecular flexibility index (Phi) is 2.77. The van der Waals surface area contributed by atoms with Crippen LogP contribution in [-0.4, -0.2) is 5.78 Å². The molecule has 0 radical (unpaired) electrons. The van der Waals surface area contributed by atoms with Crippen molar-refractivity contribution in [2.75, 3.05) is 0 Å². The summed E-state index contributed by atoms with van der Waals surface area (Å²) in [5, 5.41) is 8.91. The normalized spacial score (nSPS) is 17.2. The number of carbonyl (C=O) groups is 1. The van der Waals surface area contributed by atoms with Gasteiger partial charge in [0, 0.05) is 0 Å². The lowest BCUT2D eigenvalue weighted by Crippen LogP contribution is -2.20. The van der Waals surface area contributed by atoms with Crippen molar-refractivity contribution in [2.24, 2.45) is 0 Å². The van der Waals surface area contributed by atoms with E-state index < -0.39 is 0 Å². The smallest absolute Gasteiger partial charge is 0.170 e. The molecule has 3 heteroatoms. The van der Waals surface area contributed by atoms with Crippen molar-refractivity contribution >= 4 is 5.78 Å². The molecule has 0 aromatic heterocycles. The second-order valence-corrected chi connectivity index (χ2v) is 4.47. The molecule has 0 saturated heterocycles. The van der Waals surface area contributed by atoms with Crippen LogP contribution in [0, 0.1) is 11.3 Å². The van der Waals surface area contributed by atoms with E-state index in [1.165, 1.54) is 0 Å². The van der Waals surface area contributed by atoms with E-state index in [-0.39, 0.29) is 11.9 Å². The van der Waals surface area contributed by atoms with Gasteiger partial charge in [0.1, 0.15) is 11.9 Å². The van der Waals surface area contributed by atoms with Crippen LogP contribution in [0.5, 0.6) is 5.75 Å². The molecule has 1 heterocycles. The predicted molar refractivity (Wildman–Crippen MR) is 69.9 cm³/mol. The maximum atomic E-state index is 12.1. The highest BCUT2D eigenvalue weighted by molar-refractivity contribution is 5.99. The van der Waals surface area contributed by atoms with Gasteiger partial charge in [0.2, 0.25) is 0 Å². The van der Waals surface area contributed by atoms with Gasteiger partial charge in [0.25, 0.3) is 0 Å². The van der Waals surface area contributed by atoms with E-state index in [2.05, 4.69) is 6.07 Å². The Hall–Kier alpha value is -2.60. The van der Waals surface area contributed by atoms with Gasteiger partial charge in [0.15, 0.2) is 5.78 Å². The lowest BCUT2D eigenvalue weighted by molar-refractivity contribution is 0.0850. The van der Waals surface area contributed by atoms with E-state index in [0.717, 1.165) is 5.56 Å². The Morgan fingerprint density at radius 1 is 1.16 bits per heavy atom. The molecule has 19 heavy (non-hydrogen) atoms. The Morgan fingerprint density at radius 2 is 2.00 bits per heavy atom. The van der Waals surface area contributed by atoms with Crippen LogP contribution in [0.3, 0.4) is 0 Å². The van der Waals surface area contributed by atoms with Crippen LogP contribution in [0.2, 0.25) is 0 Å². The molecule has 0 aliphatic carbocycles. The minimum atomic E-state index is -0.310. The van der Waals surface area contributed by atoms with Gasteiger partial charge in [-0.15, -0.1) is 0 Å².